The fourth-order valence-electron chi connectivity index (χ4n) is 1.93. The number of rotatable bonds is 4. The van der Waals surface area contributed by atoms with Crippen LogP contribution in [0.25, 0.3) is 0 Å². The third-order valence-corrected chi connectivity index (χ3v) is 3.19. The molecule has 0 saturated heterocycles. The largest absolute Gasteiger partial charge is 0.478 e. The van der Waals surface area contributed by atoms with Crippen LogP contribution in [0.5, 0.6) is 0 Å². The Bertz CT molecular complexity index is 591. The number of hydrogen-bond donors (Lipinski definition) is 2. The van der Waals surface area contributed by atoms with Crippen molar-refractivity contribution in [3.63, 3.8) is 0 Å². The predicted octanol–water partition coefficient (Wildman–Crippen LogP) is 3.61. The number of hydrogen-bond acceptors (Lipinski definition) is 2. The highest BCUT2D eigenvalue weighted by atomic mass is 16.4. The molecule has 0 aliphatic carbocycles. The van der Waals surface area contributed by atoms with Crippen LogP contribution in [0.3, 0.4) is 0 Å². The summed E-state index contributed by atoms with van der Waals surface area (Å²) in [6, 6.07) is 13.5. The van der Waals surface area contributed by atoms with E-state index in [0.717, 1.165) is 16.7 Å². The Morgan fingerprint density at radius 2 is 1.74 bits per heavy atom. The summed E-state index contributed by atoms with van der Waals surface area (Å²) >= 11 is 0. The van der Waals surface area contributed by atoms with Crippen LogP contribution < -0.4 is 5.32 Å². The Kier molecular flexibility index (Phi) is 3.85. The molecule has 3 nitrogen and oxygen atoms in total. The van der Waals surface area contributed by atoms with Gasteiger partial charge in [0.05, 0.1) is 5.56 Å². The molecule has 2 aromatic rings. The third-order valence-electron chi connectivity index (χ3n) is 3.19. The number of nitrogens with one attached hydrogen (secondary N) is 1. The Labute approximate surface area is 112 Å². The van der Waals surface area contributed by atoms with E-state index in [4.69, 9.17) is 0 Å². The van der Waals surface area contributed by atoms with Gasteiger partial charge in [0.15, 0.2) is 0 Å². The second kappa shape index (κ2) is 5.57. The van der Waals surface area contributed by atoms with Gasteiger partial charge in [0, 0.05) is 12.2 Å². The van der Waals surface area contributed by atoms with E-state index in [-0.39, 0.29) is 0 Å². The van der Waals surface area contributed by atoms with Crippen molar-refractivity contribution < 1.29 is 9.90 Å². The Morgan fingerprint density at radius 1 is 1.11 bits per heavy atom. The van der Waals surface area contributed by atoms with E-state index in [1.54, 1.807) is 6.07 Å². The zero-order valence-electron chi connectivity index (χ0n) is 11.1. The van der Waals surface area contributed by atoms with E-state index in [1.165, 1.54) is 0 Å². The number of aryl methyl sites for hydroxylation is 2. The van der Waals surface area contributed by atoms with Crippen LogP contribution in [-0.4, -0.2) is 11.1 Å². The second-order valence-corrected chi connectivity index (χ2v) is 4.63. The summed E-state index contributed by atoms with van der Waals surface area (Å²) in [4.78, 5) is 11.3. The average molecular weight is 255 g/mol. The van der Waals surface area contributed by atoms with Crippen molar-refractivity contribution in [3.05, 3.63) is 64.7 Å². The molecule has 0 aromatic heterocycles. The lowest BCUT2D eigenvalue weighted by atomic mass is 10.0. The predicted molar refractivity (Wildman–Crippen MR) is 76.6 cm³/mol. The summed E-state index contributed by atoms with van der Waals surface area (Å²) in [6.45, 7) is 4.51. The van der Waals surface area contributed by atoms with E-state index in [2.05, 4.69) is 5.32 Å². The average Bonchev–Trinajstić information content (AvgIpc) is 2.40. The first-order valence-electron chi connectivity index (χ1n) is 6.20. The summed E-state index contributed by atoms with van der Waals surface area (Å²) < 4.78 is 0. The van der Waals surface area contributed by atoms with Crippen LogP contribution >= 0.6 is 0 Å². The highest BCUT2D eigenvalue weighted by molar-refractivity contribution is 5.94. The van der Waals surface area contributed by atoms with Gasteiger partial charge < -0.3 is 10.4 Å². The molecule has 0 amide bonds. The molecule has 0 radical (unpaired) electrons. The maximum absolute atomic E-state index is 11.3. The second-order valence-electron chi connectivity index (χ2n) is 4.63. The number of carboxylic acid groups (broad SMARTS) is 1. The summed E-state index contributed by atoms with van der Waals surface area (Å²) in [6.07, 6.45) is 0. The Hall–Kier alpha value is -2.29. The minimum Gasteiger partial charge on any atom is -0.478 e. The molecule has 2 N–H and O–H groups in total. The molecule has 0 atom stereocenters. The van der Waals surface area contributed by atoms with E-state index >= 15 is 0 Å². The molecule has 2 rings (SSSR count). The number of carboxylic acids is 1. The molecular formula is C16H17NO2. The van der Waals surface area contributed by atoms with Crippen LogP contribution in [0.2, 0.25) is 0 Å². The van der Waals surface area contributed by atoms with Crippen LogP contribution in [0, 0.1) is 13.8 Å². The lowest BCUT2D eigenvalue weighted by Crippen LogP contribution is -2.07. The van der Waals surface area contributed by atoms with E-state index in [0.29, 0.717) is 17.8 Å². The summed E-state index contributed by atoms with van der Waals surface area (Å²) in [5, 5.41) is 12.4. The summed E-state index contributed by atoms with van der Waals surface area (Å²) in [5.74, 6) is -0.904. The topological polar surface area (TPSA) is 49.3 Å². The number of carbonyl (C=O) groups is 1. The molecular weight excluding hydrogens is 238 g/mol. The highest BCUT2D eigenvalue weighted by Crippen LogP contribution is 2.21. The van der Waals surface area contributed by atoms with Crippen molar-refractivity contribution in [3.8, 4) is 0 Å². The minimum atomic E-state index is -0.904. The van der Waals surface area contributed by atoms with Gasteiger partial charge in [0.2, 0.25) is 0 Å². The molecule has 0 unspecified atom stereocenters. The monoisotopic (exact) mass is 255 g/mol. The number of benzene rings is 2. The zero-order valence-corrected chi connectivity index (χ0v) is 11.1. The first-order chi connectivity index (χ1) is 9.08. The van der Waals surface area contributed by atoms with Crippen molar-refractivity contribution in [2.24, 2.45) is 0 Å². The van der Waals surface area contributed by atoms with E-state index in [1.807, 2.05) is 50.2 Å². The van der Waals surface area contributed by atoms with Crippen molar-refractivity contribution in [1.29, 1.82) is 0 Å². The molecule has 2 aromatic carbocycles. The van der Waals surface area contributed by atoms with Crippen LogP contribution in [-0.2, 0) is 6.54 Å². The van der Waals surface area contributed by atoms with Gasteiger partial charge in [-0.1, -0.05) is 30.3 Å². The van der Waals surface area contributed by atoms with Crippen LogP contribution in [0.1, 0.15) is 27.0 Å². The van der Waals surface area contributed by atoms with Gasteiger partial charge in [-0.15, -0.1) is 0 Å². The SMILES string of the molecule is Cc1cc(NCc2ccccc2)c(C(=O)O)cc1C. The molecule has 3 heteroatoms. The van der Waals surface area contributed by atoms with Gasteiger partial charge in [0.1, 0.15) is 0 Å². The summed E-state index contributed by atoms with van der Waals surface area (Å²) in [5.41, 5.74) is 4.18. The third kappa shape index (κ3) is 3.13. The van der Waals surface area contributed by atoms with Crippen LogP contribution in [0.15, 0.2) is 42.5 Å². The molecule has 0 aliphatic heterocycles. The molecule has 0 heterocycles. The van der Waals surface area contributed by atoms with Crippen molar-refractivity contribution in [1.82, 2.24) is 0 Å². The Balaban J connectivity index is 2.24. The van der Waals surface area contributed by atoms with Gasteiger partial charge in [-0.2, -0.15) is 0 Å². The molecule has 0 bridgehead atoms. The zero-order chi connectivity index (χ0) is 13.8. The lowest BCUT2D eigenvalue weighted by molar-refractivity contribution is 0.0698. The standard InChI is InChI=1S/C16H17NO2/c1-11-8-14(16(18)19)15(9-12(11)2)17-10-13-6-4-3-5-7-13/h3-9,17H,10H2,1-2H3,(H,18,19). The maximum atomic E-state index is 11.3. The van der Waals surface area contributed by atoms with Crippen molar-refractivity contribution in [2.45, 2.75) is 20.4 Å². The Morgan fingerprint density at radius 3 is 2.37 bits per heavy atom. The van der Waals surface area contributed by atoms with E-state index in [9.17, 15) is 9.90 Å². The fraction of sp³-hybridized carbons (Fsp3) is 0.188. The minimum absolute atomic E-state index is 0.319. The highest BCUT2D eigenvalue weighted by Gasteiger charge is 2.11. The first kappa shape index (κ1) is 13.1. The molecule has 19 heavy (non-hydrogen) atoms. The molecule has 0 fully saturated rings. The van der Waals surface area contributed by atoms with Crippen molar-refractivity contribution in [2.75, 3.05) is 5.32 Å². The molecule has 0 spiro atoms. The van der Waals surface area contributed by atoms with Gasteiger partial charge in [0.25, 0.3) is 0 Å². The molecule has 0 saturated carbocycles. The smallest absolute Gasteiger partial charge is 0.337 e. The first-order valence-corrected chi connectivity index (χ1v) is 6.20. The van der Waals surface area contributed by atoms with Crippen LogP contribution in [0.4, 0.5) is 5.69 Å². The molecule has 98 valence electrons. The van der Waals surface area contributed by atoms with Gasteiger partial charge in [-0.3, -0.25) is 0 Å². The van der Waals surface area contributed by atoms with Gasteiger partial charge in [-0.05, 0) is 42.7 Å². The van der Waals surface area contributed by atoms with E-state index < -0.39 is 5.97 Å². The lowest BCUT2D eigenvalue weighted by Gasteiger charge is -2.12. The van der Waals surface area contributed by atoms with Gasteiger partial charge in [-0.25, -0.2) is 4.79 Å². The number of aromatic carboxylic acids is 1. The fourth-order valence-corrected chi connectivity index (χ4v) is 1.93. The summed E-state index contributed by atoms with van der Waals surface area (Å²) in [7, 11) is 0. The normalized spacial score (nSPS) is 10.2. The van der Waals surface area contributed by atoms with Gasteiger partial charge >= 0.3 is 5.97 Å². The quantitative estimate of drug-likeness (QED) is 0.877. The maximum Gasteiger partial charge on any atom is 0.337 e. The van der Waals surface area contributed by atoms with Crippen molar-refractivity contribution >= 4 is 11.7 Å². The molecule has 0 aliphatic rings. The number of anilines is 1.